The van der Waals surface area contributed by atoms with Crippen LogP contribution in [0.3, 0.4) is 0 Å². The van der Waals surface area contributed by atoms with Gasteiger partial charge in [-0.25, -0.2) is 22.8 Å². The Kier molecular flexibility index (Phi) is 11.7. The average Bonchev–Trinajstić information content (AvgIpc) is 3.93. The number of nitroso groups, excluding NO2 is 1. The van der Waals surface area contributed by atoms with Gasteiger partial charge in [0.05, 0.1) is 52.8 Å². The van der Waals surface area contributed by atoms with Gasteiger partial charge >= 0.3 is 0 Å². The molecular formula is C48H53ClN10O5S. The molecule has 6 aromatic rings. The van der Waals surface area contributed by atoms with Crippen LogP contribution in [0.1, 0.15) is 61.9 Å². The van der Waals surface area contributed by atoms with E-state index in [1.165, 1.54) is 34.9 Å². The first-order valence-corrected chi connectivity index (χ1v) is 24.3. The van der Waals surface area contributed by atoms with E-state index in [4.69, 9.17) is 21.3 Å². The molecule has 0 saturated carbocycles. The van der Waals surface area contributed by atoms with E-state index in [-0.39, 0.29) is 27.6 Å². The molecule has 0 spiro atoms. The number of halogens is 1. The number of aromatic nitrogens is 4. The molecule has 17 heteroatoms. The zero-order valence-corrected chi connectivity index (χ0v) is 38.2. The molecule has 3 N–H and O–H groups in total. The number of H-pyrrole nitrogens is 1. The van der Waals surface area contributed by atoms with Crippen LogP contribution in [0.5, 0.6) is 0 Å². The normalized spacial score (nSPS) is 19.2. The second-order valence-electron chi connectivity index (χ2n) is 18.6. The second-order valence-corrected chi connectivity index (χ2v) is 20.7. The third kappa shape index (κ3) is 9.02. The zero-order chi connectivity index (χ0) is 44.9. The Morgan fingerprint density at radius 2 is 1.75 bits per heavy atom. The number of fused-ring (bicyclic) bond motifs is 2. The topological polar surface area (TPSA) is 170 Å². The molecule has 1 aliphatic carbocycles. The number of hydrogen-bond donors (Lipinski definition) is 3. The van der Waals surface area contributed by atoms with Crippen LogP contribution in [0.15, 0.2) is 101 Å². The molecule has 0 bridgehead atoms. The third-order valence-corrected chi connectivity index (χ3v) is 15.3. The SMILES string of the molecule is CC1(C)CCC(CN2CCN(c3ccc(C(=O)NS(=O)(=O)c4ccc(NC5CCN(C6COC6)CC5)c(N=O)c4)c(-n4ncc5nc6[nH]ccc6cc54)c3)CC2)=C(c2ccc(Cl)cc2)C1. The highest BCUT2D eigenvalue weighted by Crippen LogP contribution is 2.43. The fourth-order valence-corrected chi connectivity index (χ4v) is 10.9. The summed E-state index contributed by atoms with van der Waals surface area (Å²) in [7, 11) is -4.45. The summed E-state index contributed by atoms with van der Waals surface area (Å²) in [4.78, 5) is 41.2. The number of nitrogens with one attached hydrogen (secondary N) is 3. The monoisotopic (exact) mass is 916 g/mol. The number of aromatic amines is 1. The minimum absolute atomic E-state index is 0.0479. The number of rotatable bonds is 12. The fourth-order valence-electron chi connectivity index (χ4n) is 9.77. The minimum atomic E-state index is -4.45. The van der Waals surface area contributed by atoms with Crippen molar-refractivity contribution in [2.75, 3.05) is 69.2 Å². The van der Waals surface area contributed by atoms with Crippen molar-refractivity contribution < 1.29 is 17.9 Å². The van der Waals surface area contributed by atoms with Crippen LogP contribution in [-0.4, -0.2) is 115 Å². The van der Waals surface area contributed by atoms with Gasteiger partial charge in [0, 0.05) is 74.1 Å². The number of likely N-dealkylation sites (tertiary alicyclic amines) is 1. The van der Waals surface area contributed by atoms with E-state index in [9.17, 15) is 18.1 Å². The van der Waals surface area contributed by atoms with Gasteiger partial charge < -0.3 is 19.9 Å². The number of amides is 1. The van der Waals surface area contributed by atoms with Gasteiger partial charge in [-0.05, 0) is 114 Å². The van der Waals surface area contributed by atoms with Crippen molar-refractivity contribution in [1.29, 1.82) is 0 Å². The Morgan fingerprint density at radius 1 is 0.969 bits per heavy atom. The molecule has 10 rings (SSSR count). The van der Waals surface area contributed by atoms with Crippen LogP contribution in [0.4, 0.5) is 17.1 Å². The molecule has 338 valence electrons. The van der Waals surface area contributed by atoms with Crippen LogP contribution in [0, 0.1) is 10.3 Å². The molecule has 1 amide bonds. The molecule has 0 unspecified atom stereocenters. The van der Waals surface area contributed by atoms with E-state index in [1.54, 1.807) is 16.9 Å². The first-order valence-electron chi connectivity index (χ1n) is 22.4. The number of piperidine rings is 1. The van der Waals surface area contributed by atoms with Crippen LogP contribution < -0.4 is 14.9 Å². The Balaban J connectivity index is 0.888. The largest absolute Gasteiger partial charge is 0.380 e. The molecule has 0 radical (unpaired) electrons. The minimum Gasteiger partial charge on any atom is -0.380 e. The van der Waals surface area contributed by atoms with Gasteiger partial charge in [-0.1, -0.05) is 43.2 Å². The number of benzene rings is 3. The van der Waals surface area contributed by atoms with Crippen molar-refractivity contribution in [3.63, 3.8) is 0 Å². The number of anilines is 2. The van der Waals surface area contributed by atoms with Crippen molar-refractivity contribution in [3.8, 4) is 5.69 Å². The number of sulfonamides is 1. The highest BCUT2D eigenvalue weighted by atomic mass is 35.5. The van der Waals surface area contributed by atoms with Gasteiger partial charge in [0.1, 0.15) is 16.9 Å². The molecule has 15 nitrogen and oxygen atoms in total. The molecule has 0 atom stereocenters. The van der Waals surface area contributed by atoms with Gasteiger partial charge in [0.15, 0.2) is 0 Å². The predicted octanol–water partition coefficient (Wildman–Crippen LogP) is 8.13. The quantitative estimate of drug-likeness (QED) is 0.101. The average molecular weight is 918 g/mol. The summed E-state index contributed by atoms with van der Waals surface area (Å²) in [5, 5.41) is 12.8. The first kappa shape index (κ1) is 43.3. The summed E-state index contributed by atoms with van der Waals surface area (Å²) in [5.74, 6) is -0.845. The lowest BCUT2D eigenvalue weighted by molar-refractivity contribution is -0.0705. The molecule has 3 aromatic carbocycles. The number of ether oxygens (including phenoxy) is 1. The predicted molar refractivity (Wildman–Crippen MR) is 255 cm³/mol. The summed E-state index contributed by atoms with van der Waals surface area (Å²) < 4.78 is 37.1. The smallest absolute Gasteiger partial charge is 0.267 e. The van der Waals surface area contributed by atoms with E-state index in [0.717, 1.165) is 107 Å². The highest BCUT2D eigenvalue weighted by molar-refractivity contribution is 7.90. The maximum absolute atomic E-state index is 14.3. The van der Waals surface area contributed by atoms with Crippen LogP contribution in [0.25, 0.3) is 33.3 Å². The van der Waals surface area contributed by atoms with Gasteiger partial charge in [0.2, 0.25) is 0 Å². The number of pyridine rings is 1. The lowest BCUT2D eigenvalue weighted by Gasteiger charge is -2.41. The lowest BCUT2D eigenvalue weighted by Crippen LogP contribution is -2.53. The van der Waals surface area contributed by atoms with Crippen molar-refractivity contribution >= 4 is 72.2 Å². The first-order chi connectivity index (χ1) is 31.4. The highest BCUT2D eigenvalue weighted by Gasteiger charge is 2.32. The summed E-state index contributed by atoms with van der Waals surface area (Å²) in [6, 6.07) is 22.2. The van der Waals surface area contributed by atoms with E-state index < -0.39 is 15.9 Å². The standard InChI is InChI=1S/C48H53ClN10O5S/c1-48(2)15-11-33(40(26-48)31-3-5-34(49)6-4-31)28-56-19-21-58(22-20-56)36-7-9-39(44(24-36)59-45-23-32-12-16-50-46(32)53-43(45)27-51-59)47(60)55-65(62,63)38-8-10-41(42(25-38)54-61)52-35-13-17-57(18-14-35)37-29-64-30-37/h3-10,12,16,23-25,27,35,37,52H,11,13-15,17-22,26,28-30H2,1-2H3,(H,50,53)(H,55,60). The summed E-state index contributed by atoms with van der Waals surface area (Å²) in [6.45, 7) is 12.1. The molecule has 4 aliphatic rings. The Hall–Kier alpha value is -5.65. The van der Waals surface area contributed by atoms with Crippen molar-refractivity contribution in [1.82, 2.24) is 34.3 Å². The number of nitrogens with zero attached hydrogens (tertiary/aromatic N) is 7. The molecule has 3 aliphatic heterocycles. The fraction of sp³-hybridized carbons (Fsp3) is 0.396. The van der Waals surface area contributed by atoms with Gasteiger partial charge in [-0.15, -0.1) is 4.91 Å². The molecule has 3 aromatic heterocycles. The number of piperazine rings is 1. The Morgan fingerprint density at radius 3 is 2.49 bits per heavy atom. The summed E-state index contributed by atoms with van der Waals surface area (Å²) in [5.41, 5.74) is 8.14. The van der Waals surface area contributed by atoms with Crippen LogP contribution >= 0.6 is 11.6 Å². The molecule has 3 fully saturated rings. The van der Waals surface area contributed by atoms with Crippen molar-refractivity contribution in [3.05, 3.63) is 112 Å². The summed E-state index contributed by atoms with van der Waals surface area (Å²) in [6.07, 6.45) is 8.41. The lowest BCUT2D eigenvalue weighted by atomic mass is 9.72. The second kappa shape index (κ2) is 17.6. The zero-order valence-electron chi connectivity index (χ0n) is 36.6. The number of hydrogen-bond acceptors (Lipinski definition) is 12. The van der Waals surface area contributed by atoms with E-state index >= 15 is 0 Å². The maximum atomic E-state index is 14.3. The Bertz CT molecular complexity index is 2910. The van der Waals surface area contributed by atoms with Crippen molar-refractivity contribution in [2.24, 2.45) is 10.6 Å². The van der Waals surface area contributed by atoms with Crippen LogP contribution in [-0.2, 0) is 14.8 Å². The Labute approximate surface area is 383 Å². The van der Waals surface area contributed by atoms with Gasteiger partial charge in [-0.2, -0.15) is 5.10 Å². The molecule has 65 heavy (non-hydrogen) atoms. The van der Waals surface area contributed by atoms with E-state index in [1.807, 2.05) is 42.6 Å². The van der Waals surface area contributed by atoms with E-state index in [2.05, 4.69) is 66.0 Å². The van der Waals surface area contributed by atoms with Gasteiger partial charge in [-0.3, -0.25) is 14.6 Å². The maximum Gasteiger partial charge on any atom is 0.267 e. The number of allylic oxidation sites excluding steroid dienone is 1. The third-order valence-electron chi connectivity index (χ3n) is 13.7. The van der Waals surface area contributed by atoms with Gasteiger partial charge in [0.25, 0.3) is 15.9 Å². The molecule has 3 saturated heterocycles. The molecular weight excluding hydrogens is 864 g/mol. The molecule has 6 heterocycles. The van der Waals surface area contributed by atoms with Crippen molar-refractivity contribution in [2.45, 2.75) is 62.9 Å². The van der Waals surface area contributed by atoms with Crippen LogP contribution in [0.2, 0.25) is 5.02 Å². The number of carbonyl (C=O) groups is 1. The van der Waals surface area contributed by atoms with E-state index in [0.29, 0.717) is 34.1 Å². The summed E-state index contributed by atoms with van der Waals surface area (Å²) >= 11 is 6.27. The number of carbonyl (C=O) groups excluding carboxylic acids is 1.